The highest BCUT2D eigenvalue weighted by Gasteiger charge is 2.16. The molecule has 3 heteroatoms. The molecule has 0 bridgehead atoms. The highest BCUT2D eigenvalue weighted by atomic mass is 16.5. The van der Waals surface area contributed by atoms with Crippen molar-refractivity contribution in [3.05, 3.63) is 29.3 Å². The fourth-order valence-corrected chi connectivity index (χ4v) is 1.47. The van der Waals surface area contributed by atoms with Gasteiger partial charge in [0.2, 0.25) is 0 Å². The molecule has 0 saturated carbocycles. The van der Waals surface area contributed by atoms with Crippen molar-refractivity contribution in [2.45, 2.75) is 33.3 Å². The molecule has 82 valence electrons. The van der Waals surface area contributed by atoms with Gasteiger partial charge in [0.05, 0.1) is 0 Å². The Kier molecular flexibility index (Phi) is 3.72. The van der Waals surface area contributed by atoms with Crippen LogP contribution in [0.4, 0.5) is 0 Å². The van der Waals surface area contributed by atoms with Crippen molar-refractivity contribution in [2.24, 2.45) is 0 Å². The lowest BCUT2D eigenvalue weighted by molar-refractivity contribution is -0.145. The largest absolute Gasteiger partial charge is 0.479 e. The fourth-order valence-electron chi connectivity index (χ4n) is 1.47. The second-order valence-corrected chi connectivity index (χ2v) is 3.68. The molecule has 3 nitrogen and oxygen atoms in total. The fraction of sp³-hybridized carbons (Fsp3) is 0.417. The summed E-state index contributed by atoms with van der Waals surface area (Å²) < 4.78 is 5.39. The molecular formula is C12H16O3. The number of carboxylic acids is 1. The Balaban J connectivity index is 2.83. The van der Waals surface area contributed by atoms with Gasteiger partial charge in [-0.15, -0.1) is 0 Å². The zero-order valence-electron chi connectivity index (χ0n) is 9.28. The van der Waals surface area contributed by atoms with Crippen LogP contribution in [0.25, 0.3) is 0 Å². The Morgan fingerprint density at radius 2 is 1.87 bits per heavy atom. The summed E-state index contributed by atoms with van der Waals surface area (Å²) in [6.07, 6.45) is -0.298. The molecule has 0 aliphatic heterocycles. The third-order valence-electron chi connectivity index (χ3n) is 2.12. The Morgan fingerprint density at radius 1 is 1.33 bits per heavy atom. The molecule has 0 saturated heterocycles. The molecule has 1 aromatic rings. The summed E-state index contributed by atoms with van der Waals surface area (Å²) in [4.78, 5) is 10.8. The number of rotatable bonds is 4. The van der Waals surface area contributed by atoms with Gasteiger partial charge < -0.3 is 9.84 Å². The van der Waals surface area contributed by atoms with Crippen molar-refractivity contribution in [3.8, 4) is 5.75 Å². The topological polar surface area (TPSA) is 46.5 Å². The van der Waals surface area contributed by atoms with E-state index in [9.17, 15) is 4.79 Å². The predicted octanol–water partition coefficient (Wildman–Crippen LogP) is 2.55. The first kappa shape index (κ1) is 11.6. The number of benzene rings is 1. The number of aryl methyl sites for hydroxylation is 2. The first-order chi connectivity index (χ1) is 7.02. The van der Waals surface area contributed by atoms with Crippen LogP contribution < -0.4 is 4.74 Å². The number of hydrogen-bond acceptors (Lipinski definition) is 2. The summed E-state index contributed by atoms with van der Waals surface area (Å²) >= 11 is 0. The third-order valence-corrected chi connectivity index (χ3v) is 2.12. The summed E-state index contributed by atoms with van der Waals surface area (Å²) in [7, 11) is 0. The molecule has 1 aromatic carbocycles. The molecule has 0 aromatic heterocycles. The minimum absolute atomic E-state index is 0.461. The van der Waals surface area contributed by atoms with Gasteiger partial charge in [-0.3, -0.25) is 0 Å². The summed E-state index contributed by atoms with van der Waals surface area (Å²) in [5, 5.41) is 8.85. The molecule has 15 heavy (non-hydrogen) atoms. The molecule has 0 fully saturated rings. The van der Waals surface area contributed by atoms with E-state index < -0.39 is 12.1 Å². The smallest absolute Gasteiger partial charge is 0.344 e. The van der Waals surface area contributed by atoms with Crippen LogP contribution in [0.15, 0.2) is 18.2 Å². The van der Waals surface area contributed by atoms with Crippen molar-refractivity contribution in [1.82, 2.24) is 0 Å². The van der Waals surface area contributed by atoms with Crippen molar-refractivity contribution >= 4 is 5.97 Å². The van der Waals surface area contributed by atoms with Crippen LogP contribution in [0.2, 0.25) is 0 Å². The second-order valence-electron chi connectivity index (χ2n) is 3.68. The molecule has 1 atom stereocenters. The maximum atomic E-state index is 10.8. The van der Waals surface area contributed by atoms with Crippen LogP contribution in [0.3, 0.4) is 0 Å². The second kappa shape index (κ2) is 4.82. The Morgan fingerprint density at radius 3 is 2.27 bits per heavy atom. The number of carbonyl (C=O) groups is 1. The first-order valence-electron chi connectivity index (χ1n) is 5.00. The van der Waals surface area contributed by atoms with Crippen LogP contribution in [0, 0.1) is 13.8 Å². The molecule has 0 amide bonds. The number of carboxylic acid groups (broad SMARTS) is 1. The molecular weight excluding hydrogens is 192 g/mol. The lowest BCUT2D eigenvalue weighted by Gasteiger charge is -2.14. The zero-order chi connectivity index (χ0) is 11.4. The average molecular weight is 208 g/mol. The minimum Gasteiger partial charge on any atom is -0.479 e. The number of aliphatic carboxylic acids is 1. The Hall–Kier alpha value is -1.51. The van der Waals surface area contributed by atoms with Gasteiger partial charge >= 0.3 is 5.97 Å². The molecule has 0 heterocycles. The van der Waals surface area contributed by atoms with Crippen molar-refractivity contribution < 1.29 is 14.6 Å². The van der Waals surface area contributed by atoms with Gasteiger partial charge in [0, 0.05) is 0 Å². The Bertz CT molecular complexity index is 338. The maximum absolute atomic E-state index is 10.8. The van der Waals surface area contributed by atoms with Crippen molar-refractivity contribution in [3.63, 3.8) is 0 Å². The highest BCUT2D eigenvalue weighted by molar-refractivity contribution is 5.72. The van der Waals surface area contributed by atoms with Gasteiger partial charge in [-0.2, -0.15) is 0 Å². The van der Waals surface area contributed by atoms with Gasteiger partial charge in [-0.05, 0) is 43.5 Å². The molecule has 1 rings (SSSR count). The maximum Gasteiger partial charge on any atom is 0.344 e. The molecule has 0 aliphatic carbocycles. The first-order valence-corrected chi connectivity index (χ1v) is 5.00. The van der Waals surface area contributed by atoms with E-state index in [1.807, 2.05) is 32.0 Å². The van der Waals surface area contributed by atoms with Crippen LogP contribution in [0.5, 0.6) is 5.75 Å². The monoisotopic (exact) mass is 208 g/mol. The van der Waals surface area contributed by atoms with Crippen LogP contribution in [-0.2, 0) is 4.79 Å². The van der Waals surface area contributed by atoms with E-state index in [1.165, 1.54) is 0 Å². The Labute approximate surface area is 89.7 Å². The van der Waals surface area contributed by atoms with Gasteiger partial charge in [0.15, 0.2) is 6.10 Å². The average Bonchev–Trinajstić information content (AvgIpc) is 2.12. The summed E-state index contributed by atoms with van der Waals surface area (Å²) in [6.45, 7) is 5.71. The van der Waals surface area contributed by atoms with Gasteiger partial charge in [0.1, 0.15) is 5.75 Å². The van der Waals surface area contributed by atoms with E-state index in [4.69, 9.17) is 9.84 Å². The van der Waals surface area contributed by atoms with Gasteiger partial charge in [-0.1, -0.05) is 13.0 Å². The minimum atomic E-state index is -0.920. The van der Waals surface area contributed by atoms with E-state index >= 15 is 0 Å². The molecule has 0 radical (unpaired) electrons. The standard InChI is InChI=1S/C12H16O3/c1-4-11(12(13)14)15-10-6-8(2)5-9(3)7-10/h5-7,11H,4H2,1-3H3,(H,13,14). The summed E-state index contributed by atoms with van der Waals surface area (Å²) in [6, 6.07) is 5.71. The molecule has 1 N–H and O–H groups in total. The predicted molar refractivity (Wildman–Crippen MR) is 58.3 cm³/mol. The third kappa shape index (κ3) is 3.27. The van der Waals surface area contributed by atoms with Crippen molar-refractivity contribution in [1.29, 1.82) is 0 Å². The SMILES string of the molecule is CCC(Oc1cc(C)cc(C)c1)C(=O)O. The van der Waals surface area contributed by atoms with E-state index in [1.54, 1.807) is 6.92 Å². The van der Waals surface area contributed by atoms with E-state index in [2.05, 4.69) is 0 Å². The van der Waals surface area contributed by atoms with Gasteiger partial charge in [0.25, 0.3) is 0 Å². The van der Waals surface area contributed by atoms with Crippen LogP contribution >= 0.6 is 0 Å². The molecule has 0 spiro atoms. The number of hydrogen-bond donors (Lipinski definition) is 1. The van der Waals surface area contributed by atoms with Crippen LogP contribution in [-0.4, -0.2) is 17.2 Å². The van der Waals surface area contributed by atoms with Gasteiger partial charge in [-0.25, -0.2) is 4.79 Å². The molecule has 1 unspecified atom stereocenters. The quantitative estimate of drug-likeness (QED) is 0.827. The summed E-state index contributed by atoms with van der Waals surface area (Å²) in [5.74, 6) is -0.293. The van der Waals surface area contributed by atoms with Crippen LogP contribution in [0.1, 0.15) is 24.5 Å². The molecule has 0 aliphatic rings. The highest BCUT2D eigenvalue weighted by Crippen LogP contribution is 2.18. The van der Waals surface area contributed by atoms with E-state index in [0.717, 1.165) is 11.1 Å². The normalized spacial score (nSPS) is 12.2. The summed E-state index contributed by atoms with van der Waals surface area (Å²) in [5.41, 5.74) is 2.15. The lowest BCUT2D eigenvalue weighted by atomic mass is 10.1. The van der Waals surface area contributed by atoms with Crippen molar-refractivity contribution in [2.75, 3.05) is 0 Å². The lowest BCUT2D eigenvalue weighted by Crippen LogP contribution is -2.25. The van der Waals surface area contributed by atoms with E-state index in [0.29, 0.717) is 12.2 Å². The number of ether oxygens (including phenoxy) is 1. The zero-order valence-corrected chi connectivity index (χ0v) is 9.28. The van der Waals surface area contributed by atoms with E-state index in [-0.39, 0.29) is 0 Å².